The number of ether oxygens (including phenoxy) is 2. The molecule has 4 rings (SSSR count). The van der Waals surface area contributed by atoms with Crippen molar-refractivity contribution in [1.82, 2.24) is 0 Å². The monoisotopic (exact) mass is 361 g/mol. The van der Waals surface area contributed by atoms with Crippen molar-refractivity contribution in [2.45, 2.75) is 6.10 Å². The normalized spacial score (nSPS) is 14.2. The highest BCUT2D eigenvalue weighted by atomic mass is 32.2. The molecule has 26 heavy (non-hydrogen) atoms. The quantitative estimate of drug-likeness (QED) is 0.526. The van der Waals surface area contributed by atoms with E-state index in [2.05, 4.69) is 4.99 Å². The maximum atomic E-state index is 5.85. The molecule has 0 atom stereocenters. The Bertz CT molecular complexity index is 857. The Labute approximate surface area is 157 Å². The summed E-state index contributed by atoms with van der Waals surface area (Å²) in [5, 5.41) is 0. The van der Waals surface area contributed by atoms with Crippen LogP contribution in [-0.4, -0.2) is 23.8 Å². The van der Waals surface area contributed by atoms with Gasteiger partial charge < -0.3 is 9.47 Å². The zero-order valence-corrected chi connectivity index (χ0v) is 15.1. The molecule has 0 amide bonds. The maximum Gasteiger partial charge on any atom is 0.127 e. The molecular weight excluding hydrogens is 342 g/mol. The fourth-order valence-electron chi connectivity index (χ4n) is 2.48. The summed E-state index contributed by atoms with van der Waals surface area (Å²) >= 11 is 1.92. The molecule has 0 aromatic heterocycles. The van der Waals surface area contributed by atoms with Crippen LogP contribution in [0.4, 0.5) is 5.69 Å². The van der Waals surface area contributed by atoms with E-state index in [0.29, 0.717) is 6.10 Å². The zero-order chi connectivity index (χ0) is 17.6. The van der Waals surface area contributed by atoms with Gasteiger partial charge in [-0.3, -0.25) is 4.99 Å². The van der Waals surface area contributed by atoms with Crippen molar-refractivity contribution in [3.63, 3.8) is 0 Å². The minimum atomic E-state index is 0.371. The van der Waals surface area contributed by atoms with Crippen molar-refractivity contribution in [1.29, 1.82) is 0 Å². The van der Waals surface area contributed by atoms with Gasteiger partial charge in [0.2, 0.25) is 0 Å². The molecule has 0 N–H and O–H groups in total. The summed E-state index contributed by atoms with van der Waals surface area (Å²) in [6.45, 7) is 0. The van der Waals surface area contributed by atoms with Crippen molar-refractivity contribution in [3.05, 3.63) is 84.4 Å². The van der Waals surface area contributed by atoms with Crippen molar-refractivity contribution < 1.29 is 9.47 Å². The lowest BCUT2D eigenvalue weighted by molar-refractivity contribution is 0.240. The first-order valence-electron chi connectivity index (χ1n) is 8.57. The molecule has 0 aliphatic carbocycles. The van der Waals surface area contributed by atoms with Crippen LogP contribution < -0.4 is 9.47 Å². The Morgan fingerprint density at radius 2 is 1.42 bits per heavy atom. The SMILES string of the molecule is C(=Nc1ccc(Oc2ccccc2)cc1)c1ccc(OC2CSC2)cc1. The first kappa shape index (κ1) is 16.7. The molecule has 1 aliphatic rings. The third-order valence-electron chi connectivity index (χ3n) is 3.97. The van der Waals surface area contributed by atoms with Crippen LogP contribution in [0.3, 0.4) is 0 Å². The highest BCUT2D eigenvalue weighted by molar-refractivity contribution is 8.00. The van der Waals surface area contributed by atoms with Crippen LogP contribution >= 0.6 is 11.8 Å². The number of para-hydroxylation sites is 1. The lowest BCUT2D eigenvalue weighted by Gasteiger charge is -2.25. The Morgan fingerprint density at radius 1 is 0.769 bits per heavy atom. The lowest BCUT2D eigenvalue weighted by Crippen LogP contribution is -2.30. The second-order valence-electron chi connectivity index (χ2n) is 6.01. The van der Waals surface area contributed by atoms with Crippen LogP contribution in [0.2, 0.25) is 0 Å². The van der Waals surface area contributed by atoms with Crippen molar-refractivity contribution in [3.8, 4) is 17.2 Å². The summed E-state index contributed by atoms with van der Waals surface area (Å²) in [6, 6.07) is 25.5. The van der Waals surface area contributed by atoms with Gasteiger partial charge in [0.25, 0.3) is 0 Å². The molecular formula is C22H19NO2S. The number of rotatable bonds is 6. The predicted molar refractivity (Wildman–Crippen MR) is 108 cm³/mol. The first-order valence-corrected chi connectivity index (χ1v) is 9.72. The van der Waals surface area contributed by atoms with E-state index in [1.54, 1.807) is 0 Å². The van der Waals surface area contributed by atoms with Gasteiger partial charge in [-0.1, -0.05) is 18.2 Å². The number of hydrogen-bond donors (Lipinski definition) is 0. The summed E-state index contributed by atoms with van der Waals surface area (Å²) in [4.78, 5) is 4.52. The standard InChI is InChI=1S/C22H19NO2S/c1-2-4-19(5-3-1)24-21-12-8-18(9-13-21)23-14-17-6-10-20(11-7-17)25-22-15-26-16-22/h1-14,22H,15-16H2. The van der Waals surface area contributed by atoms with Crippen molar-refractivity contribution in [2.24, 2.45) is 4.99 Å². The third-order valence-corrected chi connectivity index (χ3v) is 5.18. The third kappa shape index (κ3) is 4.46. The Balaban J connectivity index is 1.35. The number of hydrogen-bond acceptors (Lipinski definition) is 4. The van der Waals surface area contributed by atoms with E-state index in [1.807, 2.05) is 96.8 Å². The molecule has 0 saturated carbocycles. The van der Waals surface area contributed by atoms with Gasteiger partial charge in [-0.15, -0.1) is 0 Å². The van der Waals surface area contributed by atoms with Gasteiger partial charge in [0.05, 0.1) is 5.69 Å². The van der Waals surface area contributed by atoms with Gasteiger partial charge >= 0.3 is 0 Å². The van der Waals surface area contributed by atoms with Crippen molar-refractivity contribution in [2.75, 3.05) is 11.5 Å². The predicted octanol–water partition coefficient (Wildman–Crippen LogP) is 5.72. The summed E-state index contributed by atoms with van der Waals surface area (Å²) in [6.07, 6.45) is 2.23. The van der Waals surface area contributed by atoms with Gasteiger partial charge in [-0.25, -0.2) is 0 Å². The highest BCUT2D eigenvalue weighted by Gasteiger charge is 2.19. The number of nitrogens with zero attached hydrogens (tertiary/aromatic N) is 1. The molecule has 1 saturated heterocycles. The van der Waals surface area contributed by atoms with Gasteiger partial charge in [-0.2, -0.15) is 11.8 Å². The topological polar surface area (TPSA) is 30.8 Å². The largest absolute Gasteiger partial charge is 0.489 e. The minimum absolute atomic E-state index is 0.371. The van der Waals surface area contributed by atoms with E-state index in [0.717, 1.165) is 40.0 Å². The molecule has 130 valence electrons. The lowest BCUT2D eigenvalue weighted by atomic mass is 10.2. The highest BCUT2D eigenvalue weighted by Crippen LogP contribution is 2.25. The second-order valence-corrected chi connectivity index (χ2v) is 7.09. The average molecular weight is 361 g/mol. The average Bonchev–Trinajstić information content (AvgIpc) is 2.66. The fraction of sp³-hybridized carbons (Fsp3) is 0.136. The molecule has 1 fully saturated rings. The molecule has 3 nitrogen and oxygen atoms in total. The fourth-order valence-corrected chi connectivity index (χ4v) is 3.05. The number of benzene rings is 3. The van der Waals surface area contributed by atoms with Crippen LogP contribution in [0.15, 0.2) is 83.9 Å². The first-order chi connectivity index (χ1) is 12.8. The summed E-state index contributed by atoms with van der Waals surface area (Å²) in [5.74, 6) is 4.73. The minimum Gasteiger partial charge on any atom is -0.489 e. The number of thioether (sulfide) groups is 1. The van der Waals surface area contributed by atoms with Crippen molar-refractivity contribution >= 4 is 23.7 Å². The van der Waals surface area contributed by atoms with Gasteiger partial charge in [0.1, 0.15) is 23.4 Å². The zero-order valence-electron chi connectivity index (χ0n) is 14.2. The van der Waals surface area contributed by atoms with Crippen LogP contribution in [0, 0.1) is 0 Å². The van der Waals surface area contributed by atoms with E-state index >= 15 is 0 Å². The van der Waals surface area contributed by atoms with Gasteiger partial charge in [0.15, 0.2) is 0 Å². The second kappa shape index (κ2) is 8.11. The Morgan fingerprint density at radius 3 is 2.08 bits per heavy atom. The maximum absolute atomic E-state index is 5.85. The van der Waals surface area contributed by atoms with Gasteiger partial charge in [-0.05, 0) is 66.2 Å². The Hall–Kier alpha value is -2.72. The van der Waals surface area contributed by atoms with E-state index in [-0.39, 0.29) is 0 Å². The molecule has 0 bridgehead atoms. The summed E-state index contributed by atoms with van der Waals surface area (Å²) < 4.78 is 11.6. The molecule has 1 heterocycles. The molecule has 3 aromatic carbocycles. The van der Waals surface area contributed by atoms with Crippen LogP contribution in [0.5, 0.6) is 17.2 Å². The number of aliphatic imine (C=N–C) groups is 1. The molecule has 4 heteroatoms. The molecule has 0 radical (unpaired) electrons. The van der Waals surface area contributed by atoms with Crippen LogP contribution in [0.25, 0.3) is 0 Å². The molecule has 1 aliphatic heterocycles. The molecule has 0 spiro atoms. The van der Waals surface area contributed by atoms with E-state index in [4.69, 9.17) is 9.47 Å². The molecule has 0 unspecified atom stereocenters. The summed E-state index contributed by atoms with van der Waals surface area (Å²) in [7, 11) is 0. The van der Waals surface area contributed by atoms with E-state index in [1.165, 1.54) is 0 Å². The van der Waals surface area contributed by atoms with Crippen LogP contribution in [-0.2, 0) is 0 Å². The van der Waals surface area contributed by atoms with Gasteiger partial charge in [0, 0.05) is 17.7 Å². The van der Waals surface area contributed by atoms with Crippen LogP contribution in [0.1, 0.15) is 5.56 Å². The van der Waals surface area contributed by atoms with E-state index < -0.39 is 0 Å². The molecule has 3 aromatic rings. The Kier molecular flexibility index (Phi) is 5.22. The van der Waals surface area contributed by atoms with E-state index in [9.17, 15) is 0 Å². The summed E-state index contributed by atoms with van der Waals surface area (Å²) in [5.41, 5.74) is 1.93. The smallest absolute Gasteiger partial charge is 0.127 e.